The van der Waals surface area contributed by atoms with Crippen LogP contribution in [0.5, 0.6) is 5.75 Å². The van der Waals surface area contributed by atoms with Crippen molar-refractivity contribution in [2.75, 3.05) is 17.7 Å². The lowest BCUT2D eigenvalue weighted by atomic mass is 9.95. The molecule has 1 aliphatic carbocycles. The van der Waals surface area contributed by atoms with E-state index in [1.807, 2.05) is 56.3 Å². The Morgan fingerprint density at radius 3 is 2.50 bits per heavy atom. The van der Waals surface area contributed by atoms with Crippen molar-refractivity contribution in [1.29, 1.82) is 5.26 Å². The number of amides is 2. The van der Waals surface area contributed by atoms with Gasteiger partial charge in [0.2, 0.25) is 0 Å². The fourth-order valence-corrected chi connectivity index (χ4v) is 6.61. The Morgan fingerprint density at radius 2 is 1.75 bits per heavy atom. The quantitative estimate of drug-likeness (QED) is 0.194. The fraction of sp³-hybridized carbons (Fsp3) is 0.219. The van der Waals surface area contributed by atoms with E-state index in [4.69, 9.17) is 4.74 Å². The summed E-state index contributed by atoms with van der Waals surface area (Å²) in [4.78, 5) is 27.9. The van der Waals surface area contributed by atoms with E-state index in [0.29, 0.717) is 17.0 Å². The highest BCUT2D eigenvalue weighted by molar-refractivity contribution is 7.15. The molecule has 0 saturated carbocycles. The van der Waals surface area contributed by atoms with Gasteiger partial charge in [0.15, 0.2) is 0 Å². The van der Waals surface area contributed by atoms with Crippen LogP contribution in [-0.4, -0.2) is 23.5 Å². The molecule has 0 fully saturated rings. The zero-order valence-electron chi connectivity index (χ0n) is 22.7. The molecule has 1 aliphatic rings. The predicted molar refractivity (Wildman–Crippen MR) is 159 cm³/mol. The smallest absolute Gasteiger partial charge is 0.266 e. The molecule has 5 rings (SSSR count). The van der Waals surface area contributed by atoms with E-state index in [1.165, 1.54) is 4.88 Å². The van der Waals surface area contributed by atoms with Gasteiger partial charge in [0.1, 0.15) is 22.4 Å². The van der Waals surface area contributed by atoms with E-state index in [1.54, 1.807) is 48.8 Å². The second-order valence-corrected chi connectivity index (χ2v) is 10.8. The number of nitrogens with one attached hydrogen (secondary N) is 2. The van der Waals surface area contributed by atoms with Crippen LogP contribution in [0, 0.1) is 25.2 Å². The first-order chi connectivity index (χ1) is 19.4. The number of ether oxygens (including phenoxy) is 1. The van der Waals surface area contributed by atoms with Crippen molar-refractivity contribution in [3.63, 3.8) is 0 Å². The number of hydrogen-bond donors (Lipinski definition) is 2. The molecule has 0 unspecified atom stereocenters. The van der Waals surface area contributed by atoms with E-state index in [-0.39, 0.29) is 11.5 Å². The number of carbonyl (C=O) groups excluding carboxylic acids is 2. The topological polar surface area (TPSA) is 96.2 Å². The minimum absolute atomic E-state index is 0.0180. The highest BCUT2D eigenvalue weighted by atomic mass is 32.1. The van der Waals surface area contributed by atoms with Gasteiger partial charge in [-0.15, -0.1) is 11.3 Å². The first kappa shape index (κ1) is 27.0. The molecule has 7 nitrogen and oxygen atoms in total. The number of carbonyl (C=O) groups is 2. The first-order valence-corrected chi connectivity index (χ1v) is 14.0. The van der Waals surface area contributed by atoms with Gasteiger partial charge >= 0.3 is 0 Å². The molecule has 40 heavy (non-hydrogen) atoms. The van der Waals surface area contributed by atoms with E-state index >= 15 is 0 Å². The lowest BCUT2D eigenvalue weighted by molar-refractivity contribution is -0.112. The standard InChI is InChI=1S/C32H30N4O3S/c1-20-16-22(17-23(19-33)30(37)35-25-12-9-13-26(18-25)39-3)21(2)36(20)32-29(27-14-7-8-15-28(27)40-32)31(38)34-24-10-5-4-6-11-24/h4-6,9-13,16-18H,7-8,14-15H2,1-3H3,(H,34,38)(H,35,37)/b23-17-. The molecule has 0 aliphatic heterocycles. The number of aromatic nitrogens is 1. The van der Waals surface area contributed by atoms with E-state index in [0.717, 1.165) is 58.9 Å². The highest BCUT2D eigenvalue weighted by Gasteiger charge is 2.28. The molecule has 2 N–H and O–H groups in total. The third-order valence-corrected chi connectivity index (χ3v) is 8.35. The normalized spacial score (nSPS) is 12.8. The molecular formula is C32H30N4O3S. The Hall–Kier alpha value is -4.61. The fourth-order valence-electron chi connectivity index (χ4n) is 5.11. The average molecular weight is 551 g/mol. The summed E-state index contributed by atoms with van der Waals surface area (Å²) in [7, 11) is 1.55. The number of methoxy groups -OCH3 is 1. The van der Waals surface area contributed by atoms with Gasteiger partial charge in [0.25, 0.3) is 11.8 Å². The van der Waals surface area contributed by atoms with Gasteiger partial charge < -0.3 is 19.9 Å². The zero-order chi connectivity index (χ0) is 28.2. The van der Waals surface area contributed by atoms with Gasteiger partial charge in [0.05, 0.1) is 12.7 Å². The number of thiophene rings is 1. The molecule has 0 spiro atoms. The van der Waals surface area contributed by atoms with Crippen molar-refractivity contribution in [2.24, 2.45) is 0 Å². The number of anilines is 2. The molecule has 4 aromatic rings. The Balaban J connectivity index is 1.51. The second kappa shape index (κ2) is 11.6. The summed E-state index contributed by atoms with van der Waals surface area (Å²) in [6.07, 6.45) is 5.60. The van der Waals surface area contributed by atoms with Crippen LogP contribution in [0.1, 0.15) is 50.6 Å². The number of nitrogens with zero attached hydrogens (tertiary/aromatic N) is 2. The average Bonchev–Trinajstić information content (AvgIpc) is 3.47. The van der Waals surface area contributed by atoms with Crippen LogP contribution in [0.25, 0.3) is 11.1 Å². The number of aryl methyl sites for hydroxylation is 2. The number of rotatable bonds is 7. The van der Waals surface area contributed by atoms with Crippen LogP contribution < -0.4 is 15.4 Å². The molecule has 2 heterocycles. The zero-order valence-corrected chi connectivity index (χ0v) is 23.5. The van der Waals surface area contributed by atoms with Gasteiger partial charge in [-0.25, -0.2) is 0 Å². The van der Waals surface area contributed by atoms with E-state index in [2.05, 4.69) is 15.2 Å². The minimum Gasteiger partial charge on any atom is -0.497 e. The van der Waals surface area contributed by atoms with Crippen LogP contribution in [0.3, 0.4) is 0 Å². The lowest BCUT2D eigenvalue weighted by Gasteiger charge is -2.14. The van der Waals surface area contributed by atoms with Crippen molar-refractivity contribution in [3.05, 3.63) is 99.2 Å². The maximum atomic E-state index is 13.7. The highest BCUT2D eigenvalue weighted by Crippen LogP contribution is 2.39. The molecular weight excluding hydrogens is 520 g/mol. The Bertz CT molecular complexity index is 1660. The molecule has 0 radical (unpaired) electrons. The first-order valence-electron chi connectivity index (χ1n) is 13.2. The maximum absolute atomic E-state index is 13.7. The molecule has 2 amide bonds. The van der Waals surface area contributed by atoms with Crippen LogP contribution in [0.2, 0.25) is 0 Å². The summed E-state index contributed by atoms with van der Waals surface area (Å²) in [6.45, 7) is 3.93. The summed E-state index contributed by atoms with van der Waals surface area (Å²) in [5.74, 6) is -0.0229. The molecule has 2 aromatic heterocycles. The van der Waals surface area contributed by atoms with Gasteiger partial charge in [-0.3, -0.25) is 9.59 Å². The summed E-state index contributed by atoms with van der Waals surface area (Å²) < 4.78 is 7.29. The van der Waals surface area contributed by atoms with Crippen LogP contribution in [0.15, 0.2) is 66.2 Å². The van der Waals surface area contributed by atoms with Crippen molar-refractivity contribution in [1.82, 2.24) is 4.57 Å². The molecule has 2 aromatic carbocycles. The number of fused-ring (bicyclic) bond motifs is 1. The largest absolute Gasteiger partial charge is 0.497 e. The van der Waals surface area contributed by atoms with Gasteiger partial charge in [-0.05, 0) is 87.1 Å². The SMILES string of the molecule is COc1cccc(NC(=O)/C(C#N)=C\c2cc(C)n(-c3sc4c(c3C(=O)Nc3ccccc3)CCCC4)c2C)c1. The lowest BCUT2D eigenvalue weighted by Crippen LogP contribution is -2.17. The van der Waals surface area contributed by atoms with Crippen molar-refractivity contribution in [2.45, 2.75) is 39.5 Å². The number of para-hydroxylation sites is 1. The summed E-state index contributed by atoms with van der Waals surface area (Å²) >= 11 is 1.66. The van der Waals surface area contributed by atoms with Crippen molar-refractivity contribution < 1.29 is 14.3 Å². The summed E-state index contributed by atoms with van der Waals surface area (Å²) in [5, 5.41) is 16.5. The van der Waals surface area contributed by atoms with Gasteiger partial charge in [0, 0.05) is 33.7 Å². The van der Waals surface area contributed by atoms with Crippen LogP contribution in [-0.2, 0) is 17.6 Å². The Labute approximate surface area is 237 Å². The molecule has 0 atom stereocenters. The number of nitriles is 1. The number of hydrogen-bond acceptors (Lipinski definition) is 5. The molecule has 0 saturated heterocycles. The van der Waals surface area contributed by atoms with Crippen LogP contribution >= 0.6 is 11.3 Å². The maximum Gasteiger partial charge on any atom is 0.266 e. The van der Waals surface area contributed by atoms with E-state index in [9.17, 15) is 14.9 Å². The van der Waals surface area contributed by atoms with Gasteiger partial charge in [-0.1, -0.05) is 24.3 Å². The predicted octanol–water partition coefficient (Wildman–Crippen LogP) is 6.84. The van der Waals surface area contributed by atoms with Crippen LogP contribution in [0.4, 0.5) is 11.4 Å². The Kier molecular flexibility index (Phi) is 7.85. The van der Waals surface area contributed by atoms with Crippen molar-refractivity contribution >= 4 is 40.6 Å². The third-order valence-electron chi connectivity index (χ3n) is 7.08. The van der Waals surface area contributed by atoms with Crippen molar-refractivity contribution in [3.8, 4) is 16.8 Å². The molecule has 8 heteroatoms. The summed E-state index contributed by atoms with van der Waals surface area (Å²) in [5.41, 5.74) is 5.62. The number of benzene rings is 2. The minimum atomic E-state index is -0.505. The summed E-state index contributed by atoms with van der Waals surface area (Å²) in [6, 6.07) is 20.4. The molecule has 0 bridgehead atoms. The monoisotopic (exact) mass is 550 g/mol. The Morgan fingerprint density at radius 1 is 1.00 bits per heavy atom. The van der Waals surface area contributed by atoms with E-state index < -0.39 is 5.91 Å². The third kappa shape index (κ3) is 5.42. The second-order valence-electron chi connectivity index (χ2n) is 9.73. The molecule has 202 valence electrons. The van der Waals surface area contributed by atoms with Gasteiger partial charge in [-0.2, -0.15) is 5.26 Å².